The fourth-order valence-corrected chi connectivity index (χ4v) is 3.59. The molecule has 2 aromatic heterocycles. The maximum Gasteiger partial charge on any atom is 0.176 e. The van der Waals surface area contributed by atoms with Gasteiger partial charge in [0.05, 0.1) is 12.4 Å². The zero-order valence-corrected chi connectivity index (χ0v) is 11.8. The lowest BCUT2D eigenvalue weighted by molar-refractivity contribution is 0.155. The number of aromatic amines is 1. The summed E-state index contributed by atoms with van der Waals surface area (Å²) in [5.74, 6) is 2.58. The highest BCUT2D eigenvalue weighted by atomic mass is 15.3. The Morgan fingerprint density at radius 2 is 2.15 bits per heavy atom. The molecule has 1 N–H and O–H groups in total. The first-order chi connectivity index (χ1) is 9.83. The molecule has 0 saturated carbocycles. The first-order valence-corrected chi connectivity index (χ1v) is 7.47. The van der Waals surface area contributed by atoms with Crippen molar-refractivity contribution in [2.75, 3.05) is 37.6 Å². The van der Waals surface area contributed by atoms with Crippen LogP contribution in [0.3, 0.4) is 0 Å². The Balaban J connectivity index is 1.55. The first-order valence-electron chi connectivity index (χ1n) is 7.47. The van der Waals surface area contributed by atoms with Crippen LogP contribution in [0.2, 0.25) is 0 Å². The molecule has 6 nitrogen and oxygen atoms in total. The molecule has 2 aliphatic rings. The van der Waals surface area contributed by atoms with Gasteiger partial charge in [-0.15, -0.1) is 0 Å². The molecule has 2 saturated heterocycles. The molecule has 4 rings (SSSR count). The molecule has 2 atom stereocenters. The van der Waals surface area contributed by atoms with Crippen molar-refractivity contribution in [1.29, 1.82) is 0 Å². The van der Waals surface area contributed by atoms with E-state index in [0.29, 0.717) is 0 Å². The van der Waals surface area contributed by atoms with Crippen molar-refractivity contribution in [2.45, 2.75) is 13.3 Å². The van der Waals surface area contributed by atoms with E-state index < -0.39 is 0 Å². The van der Waals surface area contributed by atoms with Gasteiger partial charge in [-0.1, -0.05) is 6.92 Å². The fourth-order valence-electron chi connectivity index (χ4n) is 3.59. The largest absolute Gasteiger partial charge is 0.355 e. The van der Waals surface area contributed by atoms with Crippen molar-refractivity contribution in [3.8, 4) is 0 Å². The quantitative estimate of drug-likeness (QED) is 0.888. The predicted octanol–water partition coefficient (Wildman–Crippen LogP) is 1.13. The average molecular weight is 272 g/mol. The van der Waals surface area contributed by atoms with Crippen molar-refractivity contribution in [1.82, 2.24) is 25.1 Å². The summed E-state index contributed by atoms with van der Waals surface area (Å²) in [4.78, 5) is 14.0. The highest BCUT2D eigenvalue weighted by Gasteiger charge is 2.37. The minimum Gasteiger partial charge on any atom is -0.355 e. The minimum absolute atomic E-state index is 0.781. The van der Waals surface area contributed by atoms with Gasteiger partial charge in [0, 0.05) is 19.6 Å². The van der Waals surface area contributed by atoms with Gasteiger partial charge in [0.25, 0.3) is 0 Å². The molecule has 0 radical (unpaired) electrons. The summed E-state index contributed by atoms with van der Waals surface area (Å²) >= 11 is 0. The Hall–Kier alpha value is -1.69. The number of rotatable bonds is 2. The van der Waals surface area contributed by atoms with Gasteiger partial charge in [-0.05, 0) is 31.3 Å². The van der Waals surface area contributed by atoms with Crippen molar-refractivity contribution in [3.05, 3.63) is 12.4 Å². The van der Waals surface area contributed by atoms with E-state index in [2.05, 4.69) is 36.9 Å². The Bertz CT molecular complexity index is 608. The van der Waals surface area contributed by atoms with Crippen LogP contribution in [-0.4, -0.2) is 57.8 Å². The highest BCUT2D eigenvalue weighted by Crippen LogP contribution is 2.33. The van der Waals surface area contributed by atoms with E-state index in [1.807, 2.05) is 6.20 Å². The van der Waals surface area contributed by atoms with E-state index in [-0.39, 0.29) is 0 Å². The predicted molar refractivity (Wildman–Crippen MR) is 77.6 cm³/mol. The minimum atomic E-state index is 0.781. The van der Waals surface area contributed by atoms with Gasteiger partial charge in [0.1, 0.15) is 11.3 Å². The second-order valence-corrected chi connectivity index (χ2v) is 5.94. The molecule has 106 valence electrons. The van der Waals surface area contributed by atoms with Crippen LogP contribution in [0.1, 0.15) is 13.3 Å². The molecule has 0 spiro atoms. The summed E-state index contributed by atoms with van der Waals surface area (Å²) in [6, 6.07) is 0. The second kappa shape index (κ2) is 4.70. The lowest BCUT2D eigenvalue weighted by Crippen LogP contribution is -2.39. The SMILES string of the molecule is CCN1CCC2CN(c3cnc4cn[nH]c4n3)CC2C1. The third-order valence-electron chi connectivity index (χ3n) is 4.80. The van der Waals surface area contributed by atoms with E-state index in [1.165, 1.54) is 26.1 Å². The Morgan fingerprint density at radius 1 is 1.25 bits per heavy atom. The number of anilines is 1. The molecule has 2 aliphatic heterocycles. The third-order valence-corrected chi connectivity index (χ3v) is 4.80. The number of fused-ring (bicyclic) bond motifs is 2. The average Bonchev–Trinajstić information content (AvgIpc) is 3.11. The van der Waals surface area contributed by atoms with Crippen LogP contribution >= 0.6 is 0 Å². The molecular weight excluding hydrogens is 252 g/mol. The lowest BCUT2D eigenvalue weighted by Gasteiger charge is -2.33. The summed E-state index contributed by atoms with van der Waals surface area (Å²) in [5, 5.41) is 6.89. The van der Waals surface area contributed by atoms with Crippen molar-refractivity contribution in [2.24, 2.45) is 11.8 Å². The van der Waals surface area contributed by atoms with Gasteiger partial charge in [0.2, 0.25) is 0 Å². The number of piperidine rings is 1. The Labute approximate surface area is 118 Å². The molecule has 0 amide bonds. The van der Waals surface area contributed by atoms with Crippen LogP contribution in [0.15, 0.2) is 12.4 Å². The van der Waals surface area contributed by atoms with Crippen LogP contribution in [0.25, 0.3) is 11.2 Å². The summed E-state index contributed by atoms with van der Waals surface area (Å²) < 4.78 is 0. The van der Waals surface area contributed by atoms with Crippen LogP contribution in [0.4, 0.5) is 5.82 Å². The summed E-state index contributed by atoms with van der Waals surface area (Å²) in [7, 11) is 0. The van der Waals surface area contributed by atoms with Crippen LogP contribution in [-0.2, 0) is 0 Å². The zero-order valence-electron chi connectivity index (χ0n) is 11.8. The summed E-state index contributed by atoms with van der Waals surface area (Å²) in [6.07, 6.45) is 4.91. The van der Waals surface area contributed by atoms with Gasteiger partial charge in [-0.2, -0.15) is 5.10 Å². The number of nitrogens with one attached hydrogen (secondary N) is 1. The lowest BCUT2D eigenvalue weighted by atomic mass is 9.89. The van der Waals surface area contributed by atoms with Crippen molar-refractivity contribution < 1.29 is 0 Å². The highest BCUT2D eigenvalue weighted by molar-refractivity contribution is 5.70. The number of likely N-dealkylation sites (tertiary alicyclic amines) is 1. The van der Waals surface area contributed by atoms with Gasteiger partial charge < -0.3 is 9.80 Å². The second-order valence-electron chi connectivity index (χ2n) is 5.94. The van der Waals surface area contributed by atoms with Crippen LogP contribution < -0.4 is 4.90 Å². The molecular formula is C14H20N6. The Morgan fingerprint density at radius 3 is 3.05 bits per heavy atom. The third kappa shape index (κ3) is 1.95. The molecule has 6 heteroatoms. The number of hydrogen-bond donors (Lipinski definition) is 1. The Kier molecular flexibility index (Phi) is 2.84. The van der Waals surface area contributed by atoms with Crippen LogP contribution in [0, 0.1) is 11.8 Å². The van der Waals surface area contributed by atoms with Crippen molar-refractivity contribution in [3.63, 3.8) is 0 Å². The maximum atomic E-state index is 4.65. The topological polar surface area (TPSA) is 60.9 Å². The van der Waals surface area contributed by atoms with Gasteiger partial charge in [-0.3, -0.25) is 5.10 Å². The first kappa shape index (κ1) is 12.1. The van der Waals surface area contributed by atoms with Gasteiger partial charge in [0.15, 0.2) is 5.65 Å². The molecule has 20 heavy (non-hydrogen) atoms. The summed E-state index contributed by atoms with van der Waals surface area (Å²) in [5.41, 5.74) is 1.62. The maximum absolute atomic E-state index is 4.65. The molecule has 0 aromatic carbocycles. The van der Waals surface area contributed by atoms with E-state index in [0.717, 1.165) is 41.9 Å². The molecule has 2 aromatic rings. The normalized spacial score (nSPS) is 27.1. The van der Waals surface area contributed by atoms with E-state index in [1.54, 1.807) is 6.20 Å². The summed E-state index contributed by atoms with van der Waals surface area (Å²) in [6.45, 7) is 8.13. The zero-order chi connectivity index (χ0) is 13.5. The monoisotopic (exact) mass is 272 g/mol. The smallest absolute Gasteiger partial charge is 0.176 e. The standard InChI is InChI=1S/C14H20N6/c1-2-19-4-3-10-8-20(9-11(10)7-19)13-6-15-12-5-16-18-14(12)17-13/h5-6,10-11H,2-4,7-9H2,1H3,(H,16,17,18). The molecule has 0 bridgehead atoms. The van der Waals surface area contributed by atoms with E-state index >= 15 is 0 Å². The van der Waals surface area contributed by atoms with E-state index in [9.17, 15) is 0 Å². The van der Waals surface area contributed by atoms with Crippen molar-refractivity contribution >= 4 is 17.0 Å². The molecule has 2 fully saturated rings. The van der Waals surface area contributed by atoms with Gasteiger partial charge in [-0.25, -0.2) is 9.97 Å². The number of hydrogen-bond acceptors (Lipinski definition) is 5. The molecule has 4 heterocycles. The van der Waals surface area contributed by atoms with Gasteiger partial charge >= 0.3 is 0 Å². The fraction of sp³-hybridized carbons (Fsp3) is 0.643. The molecule has 2 unspecified atom stereocenters. The van der Waals surface area contributed by atoms with Crippen LogP contribution in [0.5, 0.6) is 0 Å². The molecule has 0 aliphatic carbocycles. The number of H-pyrrole nitrogens is 1. The van der Waals surface area contributed by atoms with E-state index in [4.69, 9.17) is 0 Å². The number of aromatic nitrogens is 4. The number of nitrogens with zero attached hydrogens (tertiary/aromatic N) is 5.